The highest BCUT2D eigenvalue weighted by Crippen LogP contribution is 2.03. The van der Waals surface area contributed by atoms with E-state index in [0.29, 0.717) is 0 Å². The number of nitrogens with one attached hydrogen (secondary N) is 1. The van der Waals surface area contributed by atoms with Crippen LogP contribution in [0, 0.1) is 6.92 Å². The van der Waals surface area contributed by atoms with Gasteiger partial charge < -0.3 is 5.32 Å². The van der Waals surface area contributed by atoms with Crippen LogP contribution < -0.4 is 5.32 Å². The van der Waals surface area contributed by atoms with Crippen molar-refractivity contribution in [2.45, 2.75) is 26.9 Å². The lowest BCUT2D eigenvalue weighted by atomic mass is 10.4. The van der Waals surface area contributed by atoms with Crippen LogP contribution in [-0.4, -0.2) is 15.7 Å². The van der Waals surface area contributed by atoms with Crippen LogP contribution in [0.25, 0.3) is 0 Å². The quantitative estimate of drug-likeness (QED) is 0.709. The molecule has 0 aliphatic rings. The molecule has 1 heterocycles. The highest BCUT2D eigenvalue weighted by atomic mass is 16.1. The summed E-state index contributed by atoms with van der Waals surface area (Å²) in [6.45, 7) is 5.34. The first-order valence-corrected chi connectivity index (χ1v) is 3.88. The molecule has 4 heteroatoms. The molecular formula is C8H13N3O. The number of hydrogen-bond acceptors (Lipinski definition) is 2. The first-order valence-electron chi connectivity index (χ1n) is 3.88. The minimum Gasteiger partial charge on any atom is -0.335 e. The smallest absolute Gasteiger partial charge is 0.218 e. The summed E-state index contributed by atoms with van der Waals surface area (Å²) in [5, 5.41) is 6.82. The molecule has 1 aromatic rings. The van der Waals surface area contributed by atoms with Crippen molar-refractivity contribution in [3.63, 3.8) is 0 Å². The molecule has 0 bridgehead atoms. The molecule has 1 unspecified atom stereocenters. The van der Waals surface area contributed by atoms with E-state index in [1.165, 1.54) is 6.92 Å². The van der Waals surface area contributed by atoms with Crippen LogP contribution in [0.1, 0.15) is 25.7 Å². The summed E-state index contributed by atoms with van der Waals surface area (Å²) in [7, 11) is 0. The zero-order valence-corrected chi connectivity index (χ0v) is 7.53. The van der Waals surface area contributed by atoms with Gasteiger partial charge in [-0.3, -0.25) is 4.79 Å². The zero-order chi connectivity index (χ0) is 9.14. The largest absolute Gasteiger partial charge is 0.335 e. The Labute approximate surface area is 71.6 Å². The lowest BCUT2D eigenvalue weighted by Gasteiger charge is -2.14. The van der Waals surface area contributed by atoms with Crippen molar-refractivity contribution in [2.24, 2.45) is 0 Å². The maximum Gasteiger partial charge on any atom is 0.218 e. The molecule has 0 aliphatic carbocycles. The summed E-state index contributed by atoms with van der Waals surface area (Å²) in [6, 6.07) is 1.90. The Kier molecular flexibility index (Phi) is 2.47. The third-order valence-corrected chi connectivity index (χ3v) is 1.65. The molecule has 1 amide bonds. The zero-order valence-electron chi connectivity index (χ0n) is 7.53. The Morgan fingerprint density at radius 3 is 2.83 bits per heavy atom. The fraction of sp³-hybridized carbons (Fsp3) is 0.500. The van der Waals surface area contributed by atoms with Gasteiger partial charge in [0.05, 0.1) is 0 Å². The van der Waals surface area contributed by atoms with Crippen molar-refractivity contribution in [3.05, 3.63) is 18.0 Å². The monoisotopic (exact) mass is 167 g/mol. The highest BCUT2D eigenvalue weighted by Gasteiger charge is 2.06. The number of nitrogens with zero attached hydrogens (tertiary/aromatic N) is 2. The van der Waals surface area contributed by atoms with E-state index in [4.69, 9.17) is 0 Å². The standard InChI is InChI=1S/C8H13N3O/c1-6-4-5-9-11(6)7(2)10-8(3)12/h4-5,7H,1-3H3,(H,10,12). The maximum absolute atomic E-state index is 10.7. The summed E-state index contributed by atoms with van der Waals surface area (Å²) in [5.41, 5.74) is 1.04. The van der Waals surface area contributed by atoms with Gasteiger partial charge >= 0.3 is 0 Å². The maximum atomic E-state index is 10.7. The molecule has 1 N–H and O–H groups in total. The lowest BCUT2D eigenvalue weighted by Crippen LogP contribution is -2.29. The summed E-state index contributed by atoms with van der Waals surface area (Å²) in [5.74, 6) is -0.0441. The molecule has 0 saturated heterocycles. The molecule has 0 aromatic carbocycles. The van der Waals surface area contributed by atoms with Gasteiger partial charge in [-0.2, -0.15) is 5.10 Å². The molecule has 0 saturated carbocycles. The Balaban J connectivity index is 2.71. The molecular weight excluding hydrogens is 154 g/mol. The number of hydrogen-bond donors (Lipinski definition) is 1. The second kappa shape index (κ2) is 3.38. The van der Waals surface area contributed by atoms with E-state index in [1.54, 1.807) is 10.9 Å². The number of carbonyl (C=O) groups excluding carboxylic acids is 1. The third kappa shape index (κ3) is 1.84. The summed E-state index contributed by atoms with van der Waals surface area (Å²) in [4.78, 5) is 10.7. The molecule has 1 rings (SSSR count). The van der Waals surface area contributed by atoms with Crippen LogP contribution in [-0.2, 0) is 4.79 Å². The molecule has 66 valence electrons. The summed E-state index contributed by atoms with van der Waals surface area (Å²) in [6.07, 6.45) is 1.64. The fourth-order valence-electron chi connectivity index (χ4n) is 1.14. The molecule has 0 fully saturated rings. The topological polar surface area (TPSA) is 46.9 Å². The Hall–Kier alpha value is -1.32. The van der Waals surface area contributed by atoms with Gasteiger partial charge in [-0.15, -0.1) is 0 Å². The van der Waals surface area contributed by atoms with E-state index in [-0.39, 0.29) is 12.1 Å². The molecule has 0 aliphatic heterocycles. The van der Waals surface area contributed by atoms with E-state index in [2.05, 4.69) is 10.4 Å². The van der Waals surface area contributed by atoms with Crippen LogP contribution in [0.5, 0.6) is 0 Å². The number of aromatic nitrogens is 2. The van der Waals surface area contributed by atoms with Crippen LogP contribution in [0.3, 0.4) is 0 Å². The van der Waals surface area contributed by atoms with E-state index >= 15 is 0 Å². The average molecular weight is 167 g/mol. The summed E-state index contributed by atoms with van der Waals surface area (Å²) < 4.78 is 1.77. The van der Waals surface area contributed by atoms with Gasteiger partial charge in [0.15, 0.2) is 0 Å². The van der Waals surface area contributed by atoms with Crippen molar-refractivity contribution in [2.75, 3.05) is 0 Å². The van der Waals surface area contributed by atoms with Gasteiger partial charge in [0, 0.05) is 18.8 Å². The van der Waals surface area contributed by atoms with Crippen molar-refractivity contribution in [1.82, 2.24) is 15.1 Å². The summed E-state index contributed by atoms with van der Waals surface area (Å²) >= 11 is 0. The lowest BCUT2D eigenvalue weighted by molar-refractivity contribution is -0.120. The van der Waals surface area contributed by atoms with Gasteiger partial charge in [-0.1, -0.05) is 0 Å². The van der Waals surface area contributed by atoms with E-state index in [9.17, 15) is 4.79 Å². The minimum atomic E-state index is -0.0718. The third-order valence-electron chi connectivity index (χ3n) is 1.65. The molecule has 12 heavy (non-hydrogen) atoms. The van der Waals surface area contributed by atoms with Crippen molar-refractivity contribution < 1.29 is 4.79 Å². The van der Waals surface area contributed by atoms with Crippen molar-refractivity contribution in [3.8, 4) is 0 Å². The second-order valence-electron chi connectivity index (χ2n) is 2.79. The average Bonchev–Trinajstić information content (AvgIpc) is 2.33. The van der Waals surface area contributed by atoms with Gasteiger partial charge in [0.1, 0.15) is 6.17 Å². The van der Waals surface area contributed by atoms with Gasteiger partial charge in [0.2, 0.25) is 5.91 Å². The predicted octanol–water partition coefficient (Wildman–Crippen LogP) is 0.846. The fourth-order valence-corrected chi connectivity index (χ4v) is 1.14. The van der Waals surface area contributed by atoms with Crippen LogP contribution in [0.2, 0.25) is 0 Å². The van der Waals surface area contributed by atoms with E-state index in [0.717, 1.165) is 5.69 Å². The predicted molar refractivity (Wildman–Crippen MR) is 45.5 cm³/mol. The Morgan fingerprint density at radius 2 is 2.42 bits per heavy atom. The minimum absolute atomic E-state index is 0.0441. The van der Waals surface area contributed by atoms with Gasteiger partial charge in [-0.25, -0.2) is 4.68 Å². The SMILES string of the molecule is CC(=O)NC(C)n1nccc1C. The van der Waals surface area contributed by atoms with Gasteiger partial charge in [0.25, 0.3) is 0 Å². The normalized spacial score (nSPS) is 12.6. The van der Waals surface area contributed by atoms with E-state index < -0.39 is 0 Å². The molecule has 0 radical (unpaired) electrons. The second-order valence-corrected chi connectivity index (χ2v) is 2.79. The molecule has 0 spiro atoms. The van der Waals surface area contributed by atoms with Crippen molar-refractivity contribution >= 4 is 5.91 Å². The van der Waals surface area contributed by atoms with Crippen LogP contribution in [0.15, 0.2) is 12.3 Å². The number of rotatable bonds is 2. The molecule has 1 aromatic heterocycles. The van der Waals surface area contributed by atoms with Gasteiger partial charge in [-0.05, 0) is 19.9 Å². The molecule has 1 atom stereocenters. The molecule has 4 nitrogen and oxygen atoms in total. The van der Waals surface area contributed by atoms with Crippen LogP contribution in [0.4, 0.5) is 0 Å². The van der Waals surface area contributed by atoms with Crippen LogP contribution >= 0.6 is 0 Å². The van der Waals surface area contributed by atoms with Crippen molar-refractivity contribution in [1.29, 1.82) is 0 Å². The number of amides is 1. The Bertz CT molecular complexity index is 280. The number of aryl methyl sites for hydroxylation is 1. The first-order chi connectivity index (χ1) is 5.61. The number of carbonyl (C=O) groups is 1. The Morgan fingerprint density at radius 1 is 1.75 bits per heavy atom. The highest BCUT2D eigenvalue weighted by molar-refractivity contribution is 5.72. The van der Waals surface area contributed by atoms with E-state index in [1.807, 2.05) is 19.9 Å². The first kappa shape index (κ1) is 8.77.